The average molecular weight is 216 g/mol. The van der Waals surface area contributed by atoms with Gasteiger partial charge in [0.25, 0.3) is 0 Å². The number of rotatable bonds is 3. The quantitative estimate of drug-likeness (QED) is 0.656. The molecule has 1 aliphatic heterocycles. The van der Waals surface area contributed by atoms with Crippen LogP contribution in [0.1, 0.15) is 0 Å². The molecular formula is C7H12N4O2S. The molecule has 2 rings (SSSR count). The van der Waals surface area contributed by atoms with Gasteiger partial charge in [-0.25, -0.2) is 13.1 Å². The molecule has 2 N–H and O–H groups in total. The van der Waals surface area contributed by atoms with E-state index >= 15 is 0 Å². The standard InChI is InChI=1S/C7H12N4O2S/c1-11-5-7(4-9-11)14(12,13)10-6-2-8-3-6/h4-6,8,10H,2-3H2,1H3. The van der Waals surface area contributed by atoms with E-state index in [4.69, 9.17) is 0 Å². The Morgan fingerprint density at radius 3 is 2.79 bits per heavy atom. The zero-order valence-corrected chi connectivity index (χ0v) is 8.58. The summed E-state index contributed by atoms with van der Waals surface area (Å²) in [6.07, 6.45) is 2.82. The van der Waals surface area contributed by atoms with Crippen LogP contribution in [0.3, 0.4) is 0 Å². The summed E-state index contributed by atoms with van der Waals surface area (Å²) in [5, 5.41) is 6.81. The van der Waals surface area contributed by atoms with Crippen LogP contribution in [0.5, 0.6) is 0 Å². The molecule has 0 radical (unpaired) electrons. The van der Waals surface area contributed by atoms with Crippen LogP contribution < -0.4 is 10.0 Å². The van der Waals surface area contributed by atoms with E-state index in [1.165, 1.54) is 17.1 Å². The molecule has 0 aromatic carbocycles. The Labute approximate surface area is 82.4 Å². The summed E-state index contributed by atoms with van der Waals surface area (Å²) in [5.41, 5.74) is 0. The molecule has 0 spiro atoms. The van der Waals surface area contributed by atoms with E-state index in [0.29, 0.717) is 13.1 Å². The molecule has 7 heteroatoms. The molecule has 0 aliphatic carbocycles. The van der Waals surface area contributed by atoms with E-state index in [9.17, 15) is 8.42 Å². The molecule has 0 unspecified atom stereocenters. The first-order valence-corrected chi connectivity index (χ1v) is 5.78. The van der Waals surface area contributed by atoms with Gasteiger partial charge in [-0.15, -0.1) is 0 Å². The number of sulfonamides is 1. The van der Waals surface area contributed by atoms with Crippen molar-refractivity contribution in [3.8, 4) is 0 Å². The van der Waals surface area contributed by atoms with Gasteiger partial charge in [0.1, 0.15) is 4.90 Å². The van der Waals surface area contributed by atoms with Crippen molar-refractivity contribution in [3.05, 3.63) is 12.4 Å². The number of hydrogen-bond donors (Lipinski definition) is 2. The first-order chi connectivity index (χ1) is 6.58. The van der Waals surface area contributed by atoms with Gasteiger partial charge in [-0.1, -0.05) is 0 Å². The lowest BCUT2D eigenvalue weighted by molar-refractivity contribution is 0.410. The first-order valence-electron chi connectivity index (χ1n) is 4.29. The van der Waals surface area contributed by atoms with Crippen LogP contribution in [0, 0.1) is 0 Å². The molecule has 14 heavy (non-hydrogen) atoms. The van der Waals surface area contributed by atoms with Gasteiger partial charge in [-0.3, -0.25) is 4.68 Å². The predicted octanol–water partition coefficient (Wildman–Crippen LogP) is -1.33. The fourth-order valence-corrected chi connectivity index (χ4v) is 2.42. The molecule has 1 aliphatic rings. The smallest absolute Gasteiger partial charge is 0.244 e. The highest BCUT2D eigenvalue weighted by molar-refractivity contribution is 7.89. The minimum atomic E-state index is -3.37. The van der Waals surface area contributed by atoms with Crippen molar-refractivity contribution in [1.29, 1.82) is 0 Å². The Bertz CT molecular complexity index is 421. The van der Waals surface area contributed by atoms with Gasteiger partial charge in [0, 0.05) is 32.4 Å². The van der Waals surface area contributed by atoms with Crippen LogP contribution >= 0.6 is 0 Å². The second kappa shape index (κ2) is 3.34. The maximum Gasteiger partial charge on any atom is 0.244 e. The van der Waals surface area contributed by atoms with E-state index < -0.39 is 10.0 Å². The number of nitrogens with zero attached hydrogens (tertiary/aromatic N) is 2. The summed E-state index contributed by atoms with van der Waals surface area (Å²) in [7, 11) is -1.69. The zero-order chi connectivity index (χ0) is 10.2. The molecule has 1 aromatic rings. The van der Waals surface area contributed by atoms with Gasteiger partial charge in [0.2, 0.25) is 10.0 Å². The Balaban J connectivity index is 2.15. The van der Waals surface area contributed by atoms with Crippen molar-refractivity contribution in [2.45, 2.75) is 10.9 Å². The predicted molar refractivity (Wildman–Crippen MR) is 50.2 cm³/mol. The first kappa shape index (κ1) is 9.63. The average Bonchev–Trinajstić information content (AvgIpc) is 2.45. The van der Waals surface area contributed by atoms with Gasteiger partial charge >= 0.3 is 0 Å². The van der Waals surface area contributed by atoms with Crippen LogP contribution in [0.15, 0.2) is 17.3 Å². The number of hydrogen-bond acceptors (Lipinski definition) is 4. The Hall–Kier alpha value is -0.920. The van der Waals surface area contributed by atoms with Crippen LogP contribution in [0.4, 0.5) is 0 Å². The lowest BCUT2D eigenvalue weighted by Gasteiger charge is -2.27. The summed E-state index contributed by atoms with van der Waals surface area (Å²) < 4.78 is 27.4. The molecule has 6 nitrogen and oxygen atoms in total. The van der Waals surface area contributed by atoms with E-state index in [0.717, 1.165) is 0 Å². The summed E-state index contributed by atoms with van der Waals surface area (Å²) >= 11 is 0. The maximum atomic E-state index is 11.7. The Kier molecular flexibility index (Phi) is 2.30. The lowest BCUT2D eigenvalue weighted by Crippen LogP contribution is -2.56. The van der Waals surface area contributed by atoms with Crippen LogP contribution in [-0.4, -0.2) is 37.3 Å². The summed E-state index contributed by atoms with van der Waals surface area (Å²) in [6.45, 7) is 1.39. The summed E-state index contributed by atoms with van der Waals surface area (Å²) in [4.78, 5) is 0.215. The monoisotopic (exact) mass is 216 g/mol. The van der Waals surface area contributed by atoms with Gasteiger partial charge in [-0.2, -0.15) is 5.10 Å². The lowest BCUT2D eigenvalue weighted by atomic mass is 10.2. The Morgan fingerprint density at radius 1 is 1.64 bits per heavy atom. The Morgan fingerprint density at radius 2 is 2.36 bits per heavy atom. The van der Waals surface area contributed by atoms with Gasteiger partial charge < -0.3 is 5.32 Å². The highest BCUT2D eigenvalue weighted by atomic mass is 32.2. The van der Waals surface area contributed by atoms with E-state index in [1.54, 1.807) is 7.05 Å². The van der Waals surface area contributed by atoms with E-state index in [2.05, 4.69) is 15.1 Å². The van der Waals surface area contributed by atoms with Gasteiger partial charge in [-0.05, 0) is 0 Å². The number of nitrogens with one attached hydrogen (secondary N) is 2. The van der Waals surface area contributed by atoms with Crippen LogP contribution in [-0.2, 0) is 17.1 Å². The number of aromatic nitrogens is 2. The fraction of sp³-hybridized carbons (Fsp3) is 0.571. The molecule has 0 saturated carbocycles. The van der Waals surface area contributed by atoms with Gasteiger partial charge in [0.05, 0.1) is 6.20 Å². The third kappa shape index (κ3) is 1.79. The van der Waals surface area contributed by atoms with Crippen LogP contribution in [0.25, 0.3) is 0 Å². The third-order valence-corrected chi connectivity index (χ3v) is 3.57. The molecule has 1 aromatic heterocycles. The summed E-state index contributed by atoms with van der Waals surface area (Å²) in [6, 6.07) is 0.0141. The number of aryl methyl sites for hydroxylation is 1. The molecule has 2 heterocycles. The molecular weight excluding hydrogens is 204 g/mol. The third-order valence-electron chi connectivity index (χ3n) is 2.09. The maximum absolute atomic E-state index is 11.7. The minimum absolute atomic E-state index is 0.0141. The molecule has 0 bridgehead atoms. The normalized spacial score (nSPS) is 18.1. The highest BCUT2D eigenvalue weighted by Crippen LogP contribution is 2.07. The second-order valence-corrected chi connectivity index (χ2v) is 5.04. The molecule has 0 amide bonds. The SMILES string of the molecule is Cn1cc(S(=O)(=O)NC2CNC2)cn1. The van der Waals surface area contributed by atoms with E-state index in [-0.39, 0.29) is 10.9 Å². The molecule has 1 fully saturated rings. The minimum Gasteiger partial charge on any atom is -0.313 e. The van der Waals surface area contributed by atoms with Gasteiger partial charge in [0.15, 0.2) is 0 Å². The van der Waals surface area contributed by atoms with Crippen molar-refractivity contribution in [3.63, 3.8) is 0 Å². The highest BCUT2D eigenvalue weighted by Gasteiger charge is 2.24. The van der Waals surface area contributed by atoms with Crippen molar-refractivity contribution in [2.75, 3.05) is 13.1 Å². The zero-order valence-electron chi connectivity index (χ0n) is 7.77. The van der Waals surface area contributed by atoms with Crippen molar-refractivity contribution >= 4 is 10.0 Å². The van der Waals surface area contributed by atoms with Crippen molar-refractivity contribution < 1.29 is 8.42 Å². The molecule has 78 valence electrons. The topological polar surface area (TPSA) is 76.0 Å². The molecule has 0 atom stereocenters. The van der Waals surface area contributed by atoms with Crippen molar-refractivity contribution in [1.82, 2.24) is 19.8 Å². The van der Waals surface area contributed by atoms with Crippen molar-refractivity contribution in [2.24, 2.45) is 7.05 Å². The van der Waals surface area contributed by atoms with Crippen LogP contribution in [0.2, 0.25) is 0 Å². The van der Waals surface area contributed by atoms with E-state index in [1.807, 2.05) is 0 Å². The molecule has 1 saturated heterocycles. The fourth-order valence-electron chi connectivity index (χ4n) is 1.20. The summed E-state index contributed by atoms with van der Waals surface area (Å²) in [5.74, 6) is 0. The largest absolute Gasteiger partial charge is 0.313 e. The second-order valence-electron chi connectivity index (χ2n) is 3.33.